The Hall–Kier alpha value is -2.17. The minimum absolute atomic E-state index is 0.166. The molecular weight excluding hydrogens is 240 g/mol. The van der Waals surface area contributed by atoms with E-state index in [-0.39, 0.29) is 5.91 Å². The maximum Gasteiger partial charge on any atom is 0.273 e. The molecule has 2 rings (SSSR count). The molecule has 0 atom stereocenters. The highest BCUT2D eigenvalue weighted by molar-refractivity contribution is 6.03. The molecule has 2 aromatic rings. The Labute approximate surface area is 112 Å². The number of amides is 1. The Kier molecular flexibility index (Phi) is 3.64. The van der Waals surface area contributed by atoms with Crippen LogP contribution in [-0.2, 0) is 7.05 Å². The SMILES string of the molecule is Cc1cc(NC(=O)c2ccnn2C)cc(C(C)C)n1. The van der Waals surface area contributed by atoms with Gasteiger partial charge < -0.3 is 5.32 Å². The Balaban J connectivity index is 2.24. The molecule has 1 amide bonds. The molecule has 100 valence electrons. The highest BCUT2D eigenvalue weighted by Crippen LogP contribution is 2.18. The highest BCUT2D eigenvalue weighted by atomic mass is 16.2. The first kappa shape index (κ1) is 13.3. The van der Waals surface area contributed by atoms with Gasteiger partial charge in [0.1, 0.15) is 5.69 Å². The summed E-state index contributed by atoms with van der Waals surface area (Å²) in [5.41, 5.74) is 3.16. The second-order valence-corrected chi connectivity index (χ2v) is 4.87. The molecule has 0 radical (unpaired) electrons. The summed E-state index contributed by atoms with van der Waals surface area (Å²) >= 11 is 0. The van der Waals surface area contributed by atoms with Crippen LogP contribution in [0, 0.1) is 6.92 Å². The van der Waals surface area contributed by atoms with Crippen LogP contribution in [0.25, 0.3) is 0 Å². The molecular formula is C14H18N4O. The fourth-order valence-corrected chi connectivity index (χ4v) is 1.85. The molecule has 0 unspecified atom stereocenters. The van der Waals surface area contributed by atoms with Crippen molar-refractivity contribution in [2.24, 2.45) is 7.05 Å². The van der Waals surface area contributed by atoms with E-state index in [1.165, 1.54) is 0 Å². The van der Waals surface area contributed by atoms with Gasteiger partial charge in [0, 0.05) is 30.3 Å². The van der Waals surface area contributed by atoms with Crippen molar-refractivity contribution >= 4 is 11.6 Å². The van der Waals surface area contributed by atoms with E-state index in [1.54, 1.807) is 24.0 Å². The largest absolute Gasteiger partial charge is 0.321 e. The molecule has 0 aliphatic rings. The molecule has 0 fully saturated rings. The van der Waals surface area contributed by atoms with E-state index in [2.05, 4.69) is 29.2 Å². The van der Waals surface area contributed by atoms with Crippen LogP contribution in [0.4, 0.5) is 5.69 Å². The third-order valence-electron chi connectivity index (χ3n) is 2.88. The van der Waals surface area contributed by atoms with E-state index in [9.17, 15) is 4.79 Å². The van der Waals surface area contributed by atoms with Crippen LogP contribution in [0.2, 0.25) is 0 Å². The van der Waals surface area contributed by atoms with Crippen molar-refractivity contribution in [3.63, 3.8) is 0 Å². The van der Waals surface area contributed by atoms with E-state index in [0.29, 0.717) is 11.6 Å². The number of rotatable bonds is 3. The average molecular weight is 258 g/mol. The first-order chi connectivity index (χ1) is 8.97. The molecule has 19 heavy (non-hydrogen) atoms. The molecule has 2 heterocycles. The van der Waals surface area contributed by atoms with Gasteiger partial charge in [-0.1, -0.05) is 13.8 Å². The van der Waals surface area contributed by atoms with Crippen molar-refractivity contribution in [2.75, 3.05) is 5.32 Å². The minimum atomic E-state index is -0.166. The third-order valence-corrected chi connectivity index (χ3v) is 2.88. The molecule has 0 aliphatic carbocycles. The Morgan fingerprint density at radius 1 is 1.37 bits per heavy atom. The summed E-state index contributed by atoms with van der Waals surface area (Å²) in [5, 5.41) is 6.87. The lowest BCUT2D eigenvalue weighted by atomic mass is 10.1. The van der Waals surface area contributed by atoms with Crippen LogP contribution in [0.1, 0.15) is 41.6 Å². The normalized spacial score (nSPS) is 10.8. The van der Waals surface area contributed by atoms with Crippen molar-refractivity contribution in [2.45, 2.75) is 26.7 Å². The van der Waals surface area contributed by atoms with Gasteiger partial charge in [0.15, 0.2) is 0 Å². The van der Waals surface area contributed by atoms with Gasteiger partial charge >= 0.3 is 0 Å². The Bertz CT molecular complexity index is 601. The molecule has 0 spiro atoms. The number of hydrogen-bond acceptors (Lipinski definition) is 3. The quantitative estimate of drug-likeness (QED) is 0.920. The second-order valence-electron chi connectivity index (χ2n) is 4.87. The summed E-state index contributed by atoms with van der Waals surface area (Å²) < 4.78 is 1.55. The zero-order chi connectivity index (χ0) is 14.0. The van der Waals surface area contributed by atoms with Gasteiger partial charge in [0.05, 0.1) is 0 Å². The van der Waals surface area contributed by atoms with E-state index in [0.717, 1.165) is 17.1 Å². The monoisotopic (exact) mass is 258 g/mol. The van der Waals surface area contributed by atoms with Gasteiger partial charge in [0.25, 0.3) is 5.91 Å². The van der Waals surface area contributed by atoms with Gasteiger partial charge in [-0.2, -0.15) is 5.10 Å². The molecule has 0 aliphatic heterocycles. The lowest BCUT2D eigenvalue weighted by Gasteiger charge is -2.10. The van der Waals surface area contributed by atoms with E-state index >= 15 is 0 Å². The van der Waals surface area contributed by atoms with Crippen molar-refractivity contribution in [1.82, 2.24) is 14.8 Å². The summed E-state index contributed by atoms with van der Waals surface area (Å²) in [7, 11) is 1.74. The number of aryl methyl sites for hydroxylation is 2. The molecule has 5 nitrogen and oxygen atoms in total. The van der Waals surface area contributed by atoms with Crippen LogP contribution in [0.15, 0.2) is 24.4 Å². The second kappa shape index (κ2) is 5.22. The molecule has 0 aromatic carbocycles. The summed E-state index contributed by atoms with van der Waals surface area (Å²) in [5.74, 6) is 0.160. The van der Waals surface area contributed by atoms with Crippen LogP contribution in [0.5, 0.6) is 0 Å². The van der Waals surface area contributed by atoms with Crippen molar-refractivity contribution in [3.05, 3.63) is 41.5 Å². The predicted molar refractivity (Wildman–Crippen MR) is 74.2 cm³/mol. The van der Waals surface area contributed by atoms with Crippen LogP contribution >= 0.6 is 0 Å². The zero-order valence-electron chi connectivity index (χ0n) is 11.6. The van der Waals surface area contributed by atoms with Gasteiger partial charge in [0.2, 0.25) is 0 Å². The minimum Gasteiger partial charge on any atom is -0.321 e. The number of carbonyl (C=O) groups excluding carboxylic acids is 1. The van der Waals surface area contributed by atoms with Gasteiger partial charge in [-0.15, -0.1) is 0 Å². The Morgan fingerprint density at radius 2 is 2.11 bits per heavy atom. The van der Waals surface area contributed by atoms with E-state index in [4.69, 9.17) is 0 Å². The summed E-state index contributed by atoms with van der Waals surface area (Å²) in [6, 6.07) is 5.46. The van der Waals surface area contributed by atoms with Crippen LogP contribution in [0.3, 0.4) is 0 Å². The van der Waals surface area contributed by atoms with Crippen LogP contribution in [-0.4, -0.2) is 20.7 Å². The number of nitrogens with one attached hydrogen (secondary N) is 1. The standard InChI is InChI=1S/C14H18N4O/c1-9(2)12-8-11(7-10(3)16-12)17-14(19)13-5-6-15-18(13)4/h5-9H,1-4H3,(H,16,17,19). The van der Waals surface area contributed by atoms with Gasteiger partial charge in [-0.25, -0.2) is 0 Å². The van der Waals surface area contributed by atoms with Crippen molar-refractivity contribution in [1.29, 1.82) is 0 Å². The number of carbonyl (C=O) groups is 1. The van der Waals surface area contributed by atoms with E-state index in [1.807, 2.05) is 19.1 Å². The number of anilines is 1. The van der Waals surface area contributed by atoms with Crippen molar-refractivity contribution < 1.29 is 4.79 Å². The molecule has 0 saturated carbocycles. The van der Waals surface area contributed by atoms with E-state index < -0.39 is 0 Å². The number of nitrogens with zero attached hydrogens (tertiary/aromatic N) is 3. The fourth-order valence-electron chi connectivity index (χ4n) is 1.85. The summed E-state index contributed by atoms with van der Waals surface area (Å²) in [4.78, 5) is 16.5. The predicted octanol–water partition coefficient (Wildman–Crippen LogP) is 2.50. The molecule has 5 heteroatoms. The van der Waals surface area contributed by atoms with Gasteiger partial charge in [-0.3, -0.25) is 14.5 Å². The summed E-state index contributed by atoms with van der Waals surface area (Å²) in [6.45, 7) is 6.08. The molecule has 0 saturated heterocycles. The maximum absolute atomic E-state index is 12.1. The zero-order valence-corrected chi connectivity index (χ0v) is 11.6. The first-order valence-corrected chi connectivity index (χ1v) is 6.25. The molecule has 1 N–H and O–H groups in total. The molecule has 0 bridgehead atoms. The molecule has 2 aromatic heterocycles. The lowest BCUT2D eigenvalue weighted by Crippen LogP contribution is -2.16. The summed E-state index contributed by atoms with van der Waals surface area (Å²) in [6.07, 6.45) is 1.60. The Morgan fingerprint density at radius 3 is 2.68 bits per heavy atom. The highest BCUT2D eigenvalue weighted by Gasteiger charge is 2.11. The van der Waals surface area contributed by atoms with Crippen molar-refractivity contribution in [3.8, 4) is 0 Å². The number of aromatic nitrogens is 3. The lowest BCUT2D eigenvalue weighted by molar-refractivity contribution is 0.101. The van der Waals surface area contributed by atoms with Crippen LogP contribution < -0.4 is 5.32 Å². The average Bonchev–Trinajstić information content (AvgIpc) is 2.74. The maximum atomic E-state index is 12.1. The fraction of sp³-hybridized carbons (Fsp3) is 0.357. The first-order valence-electron chi connectivity index (χ1n) is 6.25. The number of hydrogen-bond donors (Lipinski definition) is 1. The van der Waals surface area contributed by atoms with Gasteiger partial charge in [-0.05, 0) is 31.0 Å². The topological polar surface area (TPSA) is 59.8 Å². The smallest absolute Gasteiger partial charge is 0.273 e. The number of pyridine rings is 1. The third kappa shape index (κ3) is 2.99.